The number of carbonyl (C=O) groups is 1. The van der Waals surface area contributed by atoms with Crippen LogP contribution in [0.15, 0.2) is 47.0 Å². The van der Waals surface area contributed by atoms with Crippen LogP contribution in [-0.4, -0.2) is 38.0 Å². The molecule has 2 aromatic carbocycles. The van der Waals surface area contributed by atoms with Gasteiger partial charge in [-0.25, -0.2) is 0 Å². The molecule has 0 saturated heterocycles. The highest BCUT2D eigenvalue weighted by atomic mass is 16.5. The number of aryl methyl sites for hydroxylation is 2. The van der Waals surface area contributed by atoms with E-state index >= 15 is 0 Å². The van der Waals surface area contributed by atoms with Crippen molar-refractivity contribution in [1.29, 1.82) is 0 Å². The normalized spacial score (nSPS) is 10.8. The first-order valence-electron chi connectivity index (χ1n) is 10.8. The van der Waals surface area contributed by atoms with Gasteiger partial charge >= 0.3 is 0 Å². The Kier molecular flexibility index (Phi) is 8.86. The molecular formula is C25H30N2O6. The first-order valence-corrected chi connectivity index (χ1v) is 10.8. The van der Waals surface area contributed by atoms with Crippen molar-refractivity contribution in [3.05, 3.63) is 70.6 Å². The van der Waals surface area contributed by atoms with Crippen LogP contribution >= 0.6 is 0 Å². The molecule has 1 aromatic heterocycles. The Morgan fingerprint density at radius 3 is 2.58 bits per heavy atom. The number of aromatic nitrogens is 1. The quantitative estimate of drug-likeness (QED) is 0.397. The fourth-order valence-corrected chi connectivity index (χ4v) is 3.18. The Morgan fingerprint density at radius 2 is 1.85 bits per heavy atom. The van der Waals surface area contributed by atoms with E-state index in [-0.39, 0.29) is 5.91 Å². The number of carbonyl (C=O) groups excluding carboxylic acids is 1. The summed E-state index contributed by atoms with van der Waals surface area (Å²) in [5.41, 5.74) is 3.77. The number of amides is 1. The summed E-state index contributed by atoms with van der Waals surface area (Å²) in [7, 11) is 1.54. The Morgan fingerprint density at radius 1 is 1.03 bits per heavy atom. The van der Waals surface area contributed by atoms with E-state index in [1.165, 1.54) is 7.11 Å². The molecule has 1 amide bonds. The Labute approximate surface area is 193 Å². The third-order valence-electron chi connectivity index (χ3n) is 5.01. The topological polar surface area (TPSA) is 92.1 Å². The molecule has 0 atom stereocenters. The smallest absolute Gasteiger partial charge is 0.255 e. The Bertz CT molecular complexity index is 1040. The third-order valence-corrected chi connectivity index (χ3v) is 5.01. The molecule has 0 spiro atoms. The van der Waals surface area contributed by atoms with Crippen molar-refractivity contribution in [2.45, 2.75) is 34.0 Å². The van der Waals surface area contributed by atoms with Crippen LogP contribution in [0, 0.1) is 13.8 Å². The summed E-state index contributed by atoms with van der Waals surface area (Å²) < 4.78 is 27.3. The number of hydrogen-bond donors (Lipinski definition) is 1. The third kappa shape index (κ3) is 6.81. The van der Waals surface area contributed by atoms with Crippen LogP contribution in [0.5, 0.6) is 11.5 Å². The molecule has 3 rings (SSSR count). The molecule has 0 unspecified atom stereocenters. The van der Waals surface area contributed by atoms with E-state index in [4.69, 9.17) is 23.5 Å². The molecule has 0 radical (unpaired) electrons. The number of benzene rings is 2. The average molecular weight is 455 g/mol. The van der Waals surface area contributed by atoms with Crippen LogP contribution in [0.1, 0.15) is 39.9 Å². The van der Waals surface area contributed by atoms with Gasteiger partial charge in [0.2, 0.25) is 0 Å². The Balaban J connectivity index is 1.61. The fourth-order valence-electron chi connectivity index (χ4n) is 3.18. The van der Waals surface area contributed by atoms with Gasteiger partial charge in [0.25, 0.3) is 5.91 Å². The predicted octanol–water partition coefficient (Wildman–Crippen LogP) is 4.68. The van der Waals surface area contributed by atoms with Gasteiger partial charge in [-0.2, -0.15) is 0 Å². The standard InChI is InChI=1S/C25H30N2O6/c1-5-30-11-12-31-15-19-7-6-8-21(13-19)26-25(28)20-9-10-23(24(14-20)29-4)32-16-22-17(2)27-33-18(22)3/h6-10,13-14H,5,11-12,15-16H2,1-4H3,(H,26,28). The van der Waals surface area contributed by atoms with E-state index in [0.29, 0.717) is 61.5 Å². The number of rotatable bonds is 12. The van der Waals surface area contributed by atoms with Crippen LogP contribution in [0.25, 0.3) is 0 Å². The lowest BCUT2D eigenvalue weighted by Crippen LogP contribution is -2.12. The van der Waals surface area contributed by atoms with Crippen molar-refractivity contribution in [3.63, 3.8) is 0 Å². The lowest BCUT2D eigenvalue weighted by atomic mass is 10.1. The maximum Gasteiger partial charge on any atom is 0.255 e. The fraction of sp³-hybridized carbons (Fsp3) is 0.360. The number of nitrogens with zero attached hydrogens (tertiary/aromatic N) is 1. The van der Waals surface area contributed by atoms with Crippen LogP contribution in [-0.2, 0) is 22.7 Å². The van der Waals surface area contributed by atoms with E-state index in [1.54, 1.807) is 18.2 Å². The largest absolute Gasteiger partial charge is 0.493 e. The second kappa shape index (κ2) is 12.0. The van der Waals surface area contributed by atoms with Crippen molar-refractivity contribution >= 4 is 11.6 Å². The molecule has 0 fully saturated rings. The van der Waals surface area contributed by atoms with Gasteiger partial charge in [-0.05, 0) is 56.7 Å². The van der Waals surface area contributed by atoms with Gasteiger partial charge in [-0.3, -0.25) is 4.79 Å². The number of hydrogen-bond acceptors (Lipinski definition) is 7. The van der Waals surface area contributed by atoms with Gasteiger partial charge in [-0.1, -0.05) is 17.3 Å². The Hall–Kier alpha value is -3.36. The molecule has 0 aliphatic carbocycles. The highest BCUT2D eigenvalue weighted by Crippen LogP contribution is 2.30. The van der Waals surface area contributed by atoms with Crippen LogP contribution in [0.4, 0.5) is 5.69 Å². The van der Waals surface area contributed by atoms with Crippen molar-refractivity contribution in [2.24, 2.45) is 0 Å². The summed E-state index contributed by atoms with van der Waals surface area (Å²) in [6, 6.07) is 12.6. The van der Waals surface area contributed by atoms with Crippen LogP contribution < -0.4 is 14.8 Å². The molecule has 0 saturated carbocycles. The molecule has 176 valence electrons. The zero-order valence-electron chi connectivity index (χ0n) is 19.5. The van der Waals surface area contributed by atoms with E-state index in [1.807, 2.05) is 45.0 Å². The lowest BCUT2D eigenvalue weighted by Gasteiger charge is -2.13. The molecule has 8 nitrogen and oxygen atoms in total. The highest BCUT2D eigenvalue weighted by molar-refractivity contribution is 6.04. The van der Waals surface area contributed by atoms with Gasteiger partial charge in [0.15, 0.2) is 11.5 Å². The van der Waals surface area contributed by atoms with Crippen molar-refractivity contribution in [2.75, 3.05) is 32.2 Å². The molecule has 33 heavy (non-hydrogen) atoms. The summed E-state index contributed by atoms with van der Waals surface area (Å²) in [6.45, 7) is 8.14. The molecule has 0 aliphatic heterocycles. The number of ether oxygens (including phenoxy) is 4. The number of nitrogens with one attached hydrogen (secondary N) is 1. The molecular weight excluding hydrogens is 424 g/mol. The summed E-state index contributed by atoms with van der Waals surface area (Å²) in [5, 5.41) is 6.84. The number of methoxy groups -OCH3 is 1. The zero-order valence-corrected chi connectivity index (χ0v) is 19.5. The summed E-state index contributed by atoms with van der Waals surface area (Å²) in [6.07, 6.45) is 0. The summed E-state index contributed by atoms with van der Waals surface area (Å²) in [5.74, 6) is 1.45. The predicted molar refractivity (Wildman–Crippen MR) is 124 cm³/mol. The van der Waals surface area contributed by atoms with Gasteiger partial charge in [0, 0.05) is 17.9 Å². The van der Waals surface area contributed by atoms with Crippen molar-refractivity contribution < 1.29 is 28.3 Å². The minimum atomic E-state index is -0.250. The molecule has 3 aromatic rings. The zero-order chi connectivity index (χ0) is 23.6. The van der Waals surface area contributed by atoms with Crippen LogP contribution in [0.2, 0.25) is 0 Å². The van der Waals surface area contributed by atoms with E-state index in [2.05, 4.69) is 10.5 Å². The lowest BCUT2D eigenvalue weighted by molar-refractivity contribution is 0.0453. The first-order chi connectivity index (χ1) is 16.0. The minimum absolute atomic E-state index is 0.250. The minimum Gasteiger partial charge on any atom is -0.493 e. The first kappa shape index (κ1) is 24.3. The number of anilines is 1. The molecule has 1 N–H and O–H groups in total. The van der Waals surface area contributed by atoms with Gasteiger partial charge in [0.1, 0.15) is 12.4 Å². The van der Waals surface area contributed by atoms with Crippen molar-refractivity contribution in [3.8, 4) is 11.5 Å². The maximum atomic E-state index is 12.8. The van der Waals surface area contributed by atoms with Gasteiger partial charge in [-0.15, -0.1) is 0 Å². The SMILES string of the molecule is CCOCCOCc1cccc(NC(=O)c2ccc(OCc3c(C)noc3C)c(OC)c2)c1. The maximum absolute atomic E-state index is 12.8. The summed E-state index contributed by atoms with van der Waals surface area (Å²) in [4.78, 5) is 12.8. The molecule has 8 heteroatoms. The van der Waals surface area contributed by atoms with Gasteiger partial charge in [0.05, 0.1) is 38.2 Å². The molecule has 0 aliphatic rings. The average Bonchev–Trinajstić information content (AvgIpc) is 3.14. The van der Waals surface area contributed by atoms with Crippen LogP contribution in [0.3, 0.4) is 0 Å². The second-order valence-corrected chi connectivity index (χ2v) is 7.36. The molecule has 0 bridgehead atoms. The highest BCUT2D eigenvalue weighted by Gasteiger charge is 2.14. The monoisotopic (exact) mass is 454 g/mol. The van der Waals surface area contributed by atoms with E-state index in [9.17, 15) is 4.79 Å². The molecule has 1 heterocycles. The van der Waals surface area contributed by atoms with E-state index < -0.39 is 0 Å². The van der Waals surface area contributed by atoms with Crippen molar-refractivity contribution in [1.82, 2.24) is 5.16 Å². The van der Waals surface area contributed by atoms with Gasteiger partial charge < -0.3 is 28.8 Å². The summed E-state index contributed by atoms with van der Waals surface area (Å²) >= 11 is 0. The van der Waals surface area contributed by atoms with E-state index in [0.717, 1.165) is 16.8 Å². The second-order valence-electron chi connectivity index (χ2n) is 7.36.